The number of aryl methyl sites for hydroxylation is 1. The van der Waals surface area contributed by atoms with Crippen molar-refractivity contribution in [1.29, 1.82) is 0 Å². The van der Waals surface area contributed by atoms with Crippen LogP contribution in [0.25, 0.3) is 5.82 Å². The number of aromatic nitrogens is 3. The number of hydrogen-bond donors (Lipinski definition) is 0. The first-order valence-corrected chi connectivity index (χ1v) is 6.92. The van der Waals surface area contributed by atoms with Gasteiger partial charge in [0, 0.05) is 6.20 Å². The van der Waals surface area contributed by atoms with Crippen LogP contribution in [-0.2, 0) is 11.2 Å². The molecule has 5 nitrogen and oxygen atoms in total. The number of esters is 1. The average Bonchev–Trinajstić information content (AvgIpc) is 2.84. The van der Waals surface area contributed by atoms with Crippen molar-refractivity contribution in [3.8, 4) is 5.82 Å². The van der Waals surface area contributed by atoms with Crippen molar-refractivity contribution in [2.45, 2.75) is 26.7 Å². The maximum absolute atomic E-state index is 12.0. The Morgan fingerprint density at radius 3 is 2.90 bits per heavy atom. The molecule has 0 amide bonds. The number of halogens is 1. The molecule has 0 unspecified atom stereocenters. The van der Waals surface area contributed by atoms with Crippen LogP contribution in [0.1, 0.15) is 36.5 Å². The summed E-state index contributed by atoms with van der Waals surface area (Å²) in [5.74, 6) is 0.00338. The highest BCUT2D eigenvalue weighted by molar-refractivity contribution is 6.32. The van der Waals surface area contributed by atoms with Crippen LogP contribution in [0, 0.1) is 0 Å². The molecule has 2 aromatic rings. The predicted molar refractivity (Wildman–Crippen MR) is 76.3 cm³/mol. The lowest BCUT2D eigenvalue weighted by Gasteiger charge is -2.07. The molecule has 0 radical (unpaired) electrons. The standard InChI is InChI=1S/C14H16ClN3O2/c1-3-6-10-9-12(14(19)20-4-2)18(17-10)13-11(15)7-5-8-16-13/h5,7-9H,3-4,6H2,1-2H3. The maximum atomic E-state index is 12.0. The van der Waals surface area contributed by atoms with Crippen molar-refractivity contribution in [3.05, 3.63) is 40.8 Å². The van der Waals surface area contributed by atoms with Crippen molar-refractivity contribution < 1.29 is 9.53 Å². The van der Waals surface area contributed by atoms with Crippen LogP contribution < -0.4 is 0 Å². The summed E-state index contributed by atoms with van der Waals surface area (Å²) in [6.45, 7) is 4.12. The van der Waals surface area contributed by atoms with E-state index in [0.29, 0.717) is 23.1 Å². The molecule has 0 atom stereocenters. The predicted octanol–water partition coefficient (Wildman–Crippen LogP) is 3.05. The quantitative estimate of drug-likeness (QED) is 0.795. The summed E-state index contributed by atoms with van der Waals surface area (Å²) in [7, 11) is 0. The van der Waals surface area contributed by atoms with Gasteiger partial charge in [-0.1, -0.05) is 24.9 Å². The molecule has 0 aliphatic rings. The highest BCUT2D eigenvalue weighted by Crippen LogP contribution is 2.20. The number of carbonyl (C=O) groups is 1. The van der Waals surface area contributed by atoms with Gasteiger partial charge >= 0.3 is 5.97 Å². The molecule has 20 heavy (non-hydrogen) atoms. The molecule has 0 saturated heterocycles. The van der Waals surface area contributed by atoms with Crippen LogP contribution in [-0.4, -0.2) is 27.3 Å². The number of carbonyl (C=O) groups excluding carboxylic acids is 1. The molecule has 2 rings (SSSR count). The lowest BCUT2D eigenvalue weighted by atomic mass is 10.2. The van der Waals surface area contributed by atoms with Crippen molar-refractivity contribution in [1.82, 2.24) is 14.8 Å². The molecular weight excluding hydrogens is 278 g/mol. The normalized spacial score (nSPS) is 10.6. The number of rotatable bonds is 5. The van der Waals surface area contributed by atoms with Crippen molar-refractivity contribution in [2.24, 2.45) is 0 Å². The van der Waals surface area contributed by atoms with E-state index >= 15 is 0 Å². The van der Waals surface area contributed by atoms with E-state index in [1.807, 2.05) is 0 Å². The molecular formula is C14H16ClN3O2. The highest BCUT2D eigenvalue weighted by Gasteiger charge is 2.19. The Balaban J connectivity index is 2.50. The van der Waals surface area contributed by atoms with E-state index in [9.17, 15) is 4.79 Å². The summed E-state index contributed by atoms with van der Waals surface area (Å²) in [6, 6.07) is 5.17. The molecule has 0 saturated carbocycles. The van der Waals surface area contributed by atoms with Gasteiger partial charge in [-0.2, -0.15) is 5.10 Å². The van der Waals surface area contributed by atoms with Gasteiger partial charge in [0.05, 0.1) is 17.3 Å². The molecule has 0 aliphatic carbocycles. The van der Waals surface area contributed by atoms with Crippen molar-refractivity contribution >= 4 is 17.6 Å². The largest absolute Gasteiger partial charge is 0.461 e. The van der Waals surface area contributed by atoms with Gasteiger partial charge in [0.1, 0.15) is 0 Å². The van der Waals surface area contributed by atoms with Gasteiger partial charge in [0.25, 0.3) is 0 Å². The molecule has 6 heteroatoms. The third kappa shape index (κ3) is 2.99. The number of pyridine rings is 1. The third-order valence-corrected chi connectivity index (χ3v) is 2.99. The van der Waals surface area contributed by atoms with Gasteiger partial charge in [-0.05, 0) is 31.5 Å². The maximum Gasteiger partial charge on any atom is 0.357 e. The van der Waals surface area contributed by atoms with E-state index in [4.69, 9.17) is 16.3 Å². The molecule has 106 valence electrons. The Hall–Kier alpha value is -1.88. The van der Waals surface area contributed by atoms with Gasteiger partial charge in [-0.25, -0.2) is 14.5 Å². The minimum atomic E-state index is -0.427. The van der Waals surface area contributed by atoms with Crippen LogP contribution in [0.2, 0.25) is 5.02 Å². The first-order chi connectivity index (χ1) is 9.67. The minimum Gasteiger partial charge on any atom is -0.461 e. The summed E-state index contributed by atoms with van der Waals surface area (Å²) in [4.78, 5) is 16.2. The molecule has 0 bridgehead atoms. The van der Waals surface area contributed by atoms with Gasteiger partial charge in [-0.3, -0.25) is 0 Å². The summed E-state index contributed by atoms with van der Waals surface area (Å²) < 4.78 is 6.50. The summed E-state index contributed by atoms with van der Waals surface area (Å²) in [5, 5.41) is 4.84. The summed E-state index contributed by atoms with van der Waals surface area (Å²) in [5.41, 5.74) is 1.16. The molecule has 2 heterocycles. The van der Waals surface area contributed by atoms with Gasteiger partial charge in [0.2, 0.25) is 0 Å². The van der Waals surface area contributed by atoms with E-state index in [1.165, 1.54) is 4.68 Å². The van der Waals surface area contributed by atoms with Crippen LogP contribution in [0.5, 0.6) is 0 Å². The molecule has 0 aromatic carbocycles. The highest BCUT2D eigenvalue weighted by atomic mass is 35.5. The first kappa shape index (κ1) is 14.5. The number of hydrogen-bond acceptors (Lipinski definition) is 4. The molecule has 0 spiro atoms. The average molecular weight is 294 g/mol. The van der Waals surface area contributed by atoms with Crippen LogP contribution in [0.3, 0.4) is 0 Å². The first-order valence-electron chi connectivity index (χ1n) is 6.54. The number of ether oxygens (including phenoxy) is 1. The second-order valence-corrected chi connectivity index (χ2v) is 4.62. The Labute approximate surface area is 122 Å². The monoisotopic (exact) mass is 293 g/mol. The van der Waals surface area contributed by atoms with E-state index in [0.717, 1.165) is 18.5 Å². The zero-order chi connectivity index (χ0) is 14.5. The van der Waals surface area contributed by atoms with Crippen LogP contribution in [0.4, 0.5) is 0 Å². The fraction of sp³-hybridized carbons (Fsp3) is 0.357. The van der Waals surface area contributed by atoms with E-state index in [1.54, 1.807) is 31.3 Å². The summed E-state index contributed by atoms with van der Waals surface area (Å²) >= 11 is 6.12. The van der Waals surface area contributed by atoms with Crippen LogP contribution in [0.15, 0.2) is 24.4 Å². The molecule has 0 N–H and O–H groups in total. The number of nitrogens with zero attached hydrogens (tertiary/aromatic N) is 3. The zero-order valence-corrected chi connectivity index (χ0v) is 12.2. The molecule has 0 fully saturated rings. The third-order valence-electron chi connectivity index (χ3n) is 2.69. The second kappa shape index (κ2) is 6.52. The van der Waals surface area contributed by atoms with Gasteiger partial charge in [-0.15, -0.1) is 0 Å². The Morgan fingerprint density at radius 1 is 1.45 bits per heavy atom. The Bertz CT molecular complexity index is 610. The van der Waals surface area contributed by atoms with E-state index in [-0.39, 0.29) is 0 Å². The topological polar surface area (TPSA) is 57.0 Å². The van der Waals surface area contributed by atoms with Gasteiger partial charge in [0.15, 0.2) is 11.5 Å². The minimum absolute atomic E-state index is 0.309. The SMILES string of the molecule is CCCc1cc(C(=O)OCC)n(-c2ncccc2Cl)n1. The second-order valence-electron chi connectivity index (χ2n) is 4.21. The van der Waals surface area contributed by atoms with Gasteiger partial charge < -0.3 is 4.74 Å². The van der Waals surface area contributed by atoms with Crippen LogP contribution >= 0.6 is 11.6 Å². The van der Waals surface area contributed by atoms with E-state index in [2.05, 4.69) is 17.0 Å². The molecule has 2 aromatic heterocycles. The summed E-state index contributed by atoms with van der Waals surface area (Å²) in [6.07, 6.45) is 3.33. The lowest BCUT2D eigenvalue weighted by molar-refractivity contribution is 0.0515. The Kier molecular flexibility index (Phi) is 4.74. The fourth-order valence-electron chi connectivity index (χ4n) is 1.85. The van der Waals surface area contributed by atoms with Crippen molar-refractivity contribution in [3.63, 3.8) is 0 Å². The van der Waals surface area contributed by atoms with E-state index < -0.39 is 5.97 Å². The zero-order valence-electron chi connectivity index (χ0n) is 11.5. The smallest absolute Gasteiger partial charge is 0.357 e. The molecule has 0 aliphatic heterocycles. The Morgan fingerprint density at radius 2 is 2.25 bits per heavy atom. The fourth-order valence-corrected chi connectivity index (χ4v) is 2.06. The van der Waals surface area contributed by atoms with Crippen molar-refractivity contribution in [2.75, 3.05) is 6.61 Å². The lowest BCUT2D eigenvalue weighted by Crippen LogP contribution is -2.13.